The summed E-state index contributed by atoms with van der Waals surface area (Å²) in [6.07, 6.45) is 3.46. The van der Waals surface area contributed by atoms with Gasteiger partial charge in [0.2, 0.25) is 0 Å². The van der Waals surface area contributed by atoms with E-state index in [9.17, 15) is 0 Å². The van der Waals surface area contributed by atoms with Crippen molar-refractivity contribution in [2.75, 3.05) is 49.5 Å². The summed E-state index contributed by atoms with van der Waals surface area (Å²) in [5.74, 6) is 1.75. The van der Waals surface area contributed by atoms with E-state index in [1.54, 1.807) is 6.33 Å². The van der Waals surface area contributed by atoms with Gasteiger partial charge in [-0.05, 0) is 68.3 Å². The third-order valence-corrected chi connectivity index (χ3v) is 7.40. The van der Waals surface area contributed by atoms with Crippen LogP contribution in [0, 0.1) is 13.8 Å². The summed E-state index contributed by atoms with van der Waals surface area (Å²) in [5, 5.41) is 4.23. The molecule has 1 aliphatic rings. The van der Waals surface area contributed by atoms with Crippen molar-refractivity contribution in [2.45, 2.75) is 33.6 Å². The quantitative estimate of drug-likeness (QED) is 0.330. The van der Waals surface area contributed by atoms with Gasteiger partial charge in [-0.1, -0.05) is 30.7 Å². The van der Waals surface area contributed by atoms with Crippen LogP contribution in [-0.2, 0) is 6.42 Å². The number of halogens is 1. The number of anilines is 2. The number of benzene rings is 2. The van der Waals surface area contributed by atoms with E-state index in [1.165, 1.54) is 16.8 Å². The first-order chi connectivity index (χ1) is 17.5. The largest absolute Gasteiger partial charge is 0.369 e. The Balaban J connectivity index is 1.19. The van der Waals surface area contributed by atoms with Crippen molar-refractivity contribution in [3.63, 3.8) is 0 Å². The highest BCUT2D eigenvalue weighted by Crippen LogP contribution is 2.26. The number of nitrogens with one attached hydrogen (secondary N) is 1. The van der Waals surface area contributed by atoms with Gasteiger partial charge in [0.1, 0.15) is 12.2 Å². The predicted octanol–water partition coefficient (Wildman–Crippen LogP) is 5.27. The number of hydrogen-bond acceptors (Lipinski definition) is 6. The summed E-state index contributed by atoms with van der Waals surface area (Å²) in [4.78, 5) is 19.0. The molecule has 1 N–H and O–H groups in total. The van der Waals surface area contributed by atoms with E-state index < -0.39 is 0 Å². The van der Waals surface area contributed by atoms with Gasteiger partial charge in [0.25, 0.3) is 0 Å². The summed E-state index contributed by atoms with van der Waals surface area (Å²) in [6.45, 7) is 12.8. The van der Waals surface area contributed by atoms with Crippen molar-refractivity contribution in [3.05, 3.63) is 70.8 Å². The highest BCUT2D eigenvalue weighted by Gasteiger charge is 2.19. The molecule has 5 rings (SSSR count). The average molecular weight is 504 g/mol. The summed E-state index contributed by atoms with van der Waals surface area (Å²) >= 11 is 6.10. The van der Waals surface area contributed by atoms with Crippen molar-refractivity contribution in [1.82, 2.24) is 24.4 Å². The molecular formula is C28H34ClN7. The Labute approximate surface area is 218 Å². The van der Waals surface area contributed by atoms with Crippen molar-refractivity contribution in [1.29, 1.82) is 0 Å². The molecule has 1 saturated heterocycles. The van der Waals surface area contributed by atoms with E-state index in [-0.39, 0.29) is 0 Å². The number of aryl methyl sites for hydroxylation is 2. The molecule has 3 heterocycles. The van der Waals surface area contributed by atoms with E-state index in [2.05, 4.69) is 68.6 Å². The maximum absolute atomic E-state index is 6.10. The lowest BCUT2D eigenvalue weighted by Crippen LogP contribution is -2.47. The van der Waals surface area contributed by atoms with E-state index in [0.29, 0.717) is 5.02 Å². The molecule has 0 atom stereocenters. The van der Waals surface area contributed by atoms with Gasteiger partial charge in [-0.3, -0.25) is 9.47 Å². The fourth-order valence-electron chi connectivity index (χ4n) is 4.97. The molecule has 188 valence electrons. The maximum Gasteiger partial charge on any atom is 0.170 e. The van der Waals surface area contributed by atoms with Gasteiger partial charge in [0.05, 0.1) is 0 Å². The molecule has 2 aromatic heterocycles. The Morgan fingerprint density at radius 1 is 0.972 bits per heavy atom. The van der Waals surface area contributed by atoms with Gasteiger partial charge in [-0.15, -0.1) is 0 Å². The number of fused-ring (bicyclic) bond motifs is 1. The molecular weight excluding hydrogens is 470 g/mol. The Bertz CT molecular complexity index is 1320. The van der Waals surface area contributed by atoms with Crippen LogP contribution in [0.3, 0.4) is 0 Å². The van der Waals surface area contributed by atoms with Crippen LogP contribution in [0.5, 0.6) is 0 Å². The lowest BCUT2D eigenvalue weighted by Gasteiger charge is -2.37. The van der Waals surface area contributed by atoms with Crippen LogP contribution in [0.4, 0.5) is 11.5 Å². The summed E-state index contributed by atoms with van der Waals surface area (Å²) in [7, 11) is 0. The Morgan fingerprint density at radius 3 is 2.50 bits per heavy atom. The van der Waals surface area contributed by atoms with E-state index in [0.717, 1.165) is 80.6 Å². The molecule has 0 saturated carbocycles. The van der Waals surface area contributed by atoms with Crippen LogP contribution in [0.1, 0.15) is 30.3 Å². The molecule has 2 aromatic carbocycles. The van der Waals surface area contributed by atoms with Gasteiger partial charge in [-0.2, -0.15) is 0 Å². The molecule has 0 radical (unpaired) electrons. The number of nitrogens with zero attached hydrogens (tertiary/aromatic N) is 6. The zero-order chi connectivity index (χ0) is 25.1. The van der Waals surface area contributed by atoms with Gasteiger partial charge in [0.15, 0.2) is 17.0 Å². The fourth-order valence-corrected chi connectivity index (χ4v) is 5.09. The monoisotopic (exact) mass is 503 g/mol. The van der Waals surface area contributed by atoms with Crippen LogP contribution >= 0.6 is 11.6 Å². The molecule has 8 heteroatoms. The maximum atomic E-state index is 6.10. The summed E-state index contributed by atoms with van der Waals surface area (Å²) in [5.41, 5.74) is 6.78. The Kier molecular flexibility index (Phi) is 7.39. The second-order valence-electron chi connectivity index (χ2n) is 9.42. The third kappa shape index (κ3) is 5.04. The smallest absolute Gasteiger partial charge is 0.170 e. The molecule has 0 unspecified atom stereocenters. The molecule has 0 amide bonds. The molecule has 0 bridgehead atoms. The van der Waals surface area contributed by atoms with Crippen LogP contribution < -0.4 is 10.2 Å². The molecule has 0 spiro atoms. The van der Waals surface area contributed by atoms with Crippen LogP contribution in [0.15, 0.2) is 48.8 Å². The van der Waals surface area contributed by atoms with Crippen molar-refractivity contribution < 1.29 is 0 Å². The van der Waals surface area contributed by atoms with Crippen LogP contribution in [0.2, 0.25) is 5.02 Å². The minimum atomic E-state index is 0.713. The van der Waals surface area contributed by atoms with E-state index in [4.69, 9.17) is 16.6 Å². The lowest BCUT2D eigenvalue weighted by molar-refractivity contribution is 0.257. The van der Waals surface area contributed by atoms with Gasteiger partial charge in [0, 0.05) is 55.5 Å². The SMILES string of the molecule is CCc1nc2c(NCCCN3CCN(c4cccc(C)c4C)CC3)ncnc2n1-c1ccc(Cl)cc1. The van der Waals surface area contributed by atoms with Crippen molar-refractivity contribution in [3.8, 4) is 5.69 Å². The van der Waals surface area contributed by atoms with Crippen molar-refractivity contribution >= 4 is 34.3 Å². The third-order valence-electron chi connectivity index (χ3n) is 7.15. The topological polar surface area (TPSA) is 62.1 Å². The van der Waals surface area contributed by atoms with Gasteiger partial charge < -0.3 is 10.2 Å². The van der Waals surface area contributed by atoms with Gasteiger partial charge >= 0.3 is 0 Å². The average Bonchev–Trinajstić information content (AvgIpc) is 3.29. The summed E-state index contributed by atoms with van der Waals surface area (Å²) in [6, 6.07) is 14.4. The second-order valence-corrected chi connectivity index (χ2v) is 9.85. The molecule has 4 aromatic rings. The molecule has 7 nitrogen and oxygen atoms in total. The number of aromatic nitrogens is 4. The standard InChI is InChI=1S/C28H34ClN7/c1-4-25-33-26-27(31-19-32-28(26)36(25)23-11-9-22(29)10-12-23)30-13-6-14-34-15-17-35(18-16-34)24-8-5-7-20(2)21(24)3/h5,7-12,19H,4,6,13-18H2,1-3H3,(H,30,31,32). The molecule has 36 heavy (non-hydrogen) atoms. The number of rotatable bonds is 8. The molecule has 0 aliphatic carbocycles. The lowest BCUT2D eigenvalue weighted by atomic mass is 10.1. The minimum Gasteiger partial charge on any atom is -0.369 e. The summed E-state index contributed by atoms with van der Waals surface area (Å²) < 4.78 is 2.09. The highest BCUT2D eigenvalue weighted by molar-refractivity contribution is 6.30. The normalized spacial score (nSPS) is 14.5. The zero-order valence-electron chi connectivity index (χ0n) is 21.3. The van der Waals surface area contributed by atoms with Gasteiger partial charge in [-0.25, -0.2) is 15.0 Å². The first-order valence-electron chi connectivity index (χ1n) is 12.8. The first kappa shape index (κ1) is 24.5. The Hall–Kier alpha value is -3.16. The first-order valence-corrected chi connectivity index (χ1v) is 13.2. The van der Waals surface area contributed by atoms with Crippen LogP contribution in [0.25, 0.3) is 16.9 Å². The highest BCUT2D eigenvalue weighted by atomic mass is 35.5. The predicted molar refractivity (Wildman–Crippen MR) is 149 cm³/mol. The minimum absolute atomic E-state index is 0.713. The number of piperazine rings is 1. The molecule has 1 fully saturated rings. The second kappa shape index (κ2) is 10.8. The van der Waals surface area contributed by atoms with E-state index in [1.807, 2.05) is 24.3 Å². The van der Waals surface area contributed by atoms with Crippen LogP contribution in [-0.4, -0.2) is 63.7 Å². The zero-order valence-corrected chi connectivity index (χ0v) is 22.1. The Morgan fingerprint density at radius 2 is 1.75 bits per heavy atom. The number of hydrogen-bond donors (Lipinski definition) is 1. The molecule has 1 aliphatic heterocycles. The van der Waals surface area contributed by atoms with E-state index >= 15 is 0 Å². The fraction of sp³-hybridized carbons (Fsp3) is 0.393. The number of imidazole rings is 1. The van der Waals surface area contributed by atoms with Crippen molar-refractivity contribution in [2.24, 2.45) is 0 Å².